The first-order valence-electron chi connectivity index (χ1n) is 4.57. The first kappa shape index (κ1) is 12.2. The summed E-state index contributed by atoms with van der Waals surface area (Å²) in [5.74, 6) is 0.433. The maximum atomic E-state index is 9.76. The van der Waals surface area contributed by atoms with Gasteiger partial charge in [-0.1, -0.05) is 0 Å². The molecule has 6 heteroatoms. The normalized spacial score (nSPS) is 14.9. The molecule has 0 bridgehead atoms. The second kappa shape index (κ2) is 5.25. The van der Waals surface area contributed by atoms with Gasteiger partial charge in [0.15, 0.2) is 0 Å². The third-order valence-corrected chi connectivity index (χ3v) is 2.34. The van der Waals surface area contributed by atoms with Crippen molar-refractivity contribution in [2.45, 2.75) is 25.6 Å². The van der Waals surface area contributed by atoms with Crippen molar-refractivity contribution >= 4 is 17.5 Å². The summed E-state index contributed by atoms with van der Waals surface area (Å²) in [6, 6.07) is 0. The first-order chi connectivity index (χ1) is 7.06. The zero-order valence-electron chi connectivity index (χ0n) is 8.39. The fraction of sp³-hybridized carbons (Fsp3) is 0.556. The number of aliphatic hydroxyl groups is 2. The van der Waals surface area contributed by atoms with Gasteiger partial charge in [0.25, 0.3) is 0 Å². The lowest BCUT2D eigenvalue weighted by molar-refractivity contribution is 0.0162. The number of aliphatic hydroxyl groups excluding tert-OH is 2. The molecule has 1 aromatic heterocycles. The van der Waals surface area contributed by atoms with E-state index in [1.165, 1.54) is 6.20 Å². The molecule has 0 amide bonds. The lowest BCUT2D eigenvalue weighted by atomic mass is 10.0. The summed E-state index contributed by atoms with van der Waals surface area (Å²) < 4.78 is 0. The van der Waals surface area contributed by atoms with E-state index in [1.54, 1.807) is 6.92 Å². The molecule has 4 N–H and O–H groups in total. The second-order valence-corrected chi connectivity index (χ2v) is 3.64. The van der Waals surface area contributed by atoms with Crippen molar-refractivity contribution in [2.75, 3.05) is 11.6 Å². The Balaban J connectivity index is 2.86. The number of hydrogen-bond donors (Lipinski definition) is 3. The third kappa shape index (κ3) is 3.02. The molecule has 1 aromatic rings. The van der Waals surface area contributed by atoms with Crippen LogP contribution in [0.1, 0.15) is 23.8 Å². The second-order valence-electron chi connectivity index (χ2n) is 3.26. The fourth-order valence-electron chi connectivity index (χ4n) is 1.26. The molecule has 0 aliphatic heterocycles. The van der Waals surface area contributed by atoms with Gasteiger partial charge in [-0.25, -0.2) is 9.97 Å². The van der Waals surface area contributed by atoms with Crippen LogP contribution in [0.4, 0.5) is 5.95 Å². The van der Waals surface area contributed by atoms with Crippen LogP contribution in [0, 0.1) is 6.92 Å². The molecule has 0 saturated heterocycles. The van der Waals surface area contributed by atoms with Gasteiger partial charge in [-0.3, -0.25) is 0 Å². The van der Waals surface area contributed by atoms with Crippen LogP contribution in [0.5, 0.6) is 0 Å². The minimum atomic E-state index is -1.02. The molecule has 2 atom stereocenters. The van der Waals surface area contributed by atoms with Crippen LogP contribution in [0.25, 0.3) is 0 Å². The number of aromatic nitrogens is 2. The maximum absolute atomic E-state index is 9.76. The van der Waals surface area contributed by atoms with Gasteiger partial charge in [-0.15, -0.1) is 11.6 Å². The number of halogens is 1. The molecule has 0 aromatic carbocycles. The van der Waals surface area contributed by atoms with E-state index in [0.29, 0.717) is 17.7 Å². The van der Waals surface area contributed by atoms with Crippen LogP contribution in [0.3, 0.4) is 0 Å². The molecular weight excluding hydrogens is 218 g/mol. The first-order valence-corrected chi connectivity index (χ1v) is 5.10. The van der Waals surface area contributed by atoms with Crippen molar-refractivity contribution in [1.82, 2.24) is 9.97 Å². The number of nitrogens with two attached hydrogens (primary N) is 1. The van der Waals surface area contributed by atoms with Crippen molar-refractivity contribution in [3.63, 3.8) is 0 Å². The summed E-state index contributed by atoms with van der Waals surface area (Å²) in [5, 5.41) is 19.3. The number of nitrogens with zero attached hydrogens (tertiary/aromatic N) is 2. The molecule has 0 aliphatic carbocycles. The predicted octanol–water partition coefficient (Wildman–Crippen LogP) is 0.390. The Morgan fingerprint density at radius 2 is 2.20 bits per heavy atom. The van der Waals surface area contributed by atoms with Crippen LogP contribution in [0.15, 0.2) is 6.20 Å². The highest BCUT2D eigenvalue weighted by Gasteiger charge is 2.20. The van der Waals surface area contributed by atoms with Crippen LogP contribution >= 0.6 is 11.6 Å². The summed E-state index contributed by atoms with van der Waals surface area (Å²) in [4.78, 5) is 7.67. The average molecular weight is 232 g/mol. The van der Waals surface area contributed by atoms with E-state index in [9.17, 15) is 10.2 Å². The lowest BCUT2D eigenvalue weighted by Gasteiger charge is -2.18. The third-order valence-electron chi connectivity index (χ3n) is 2.12. The van der Waals surface area contributed by atoms with Crippen LogP contribution in [-0.2, 0) is 0 Å². The number of rotatable bonds is 4. The van der Waals surface area contributed by atoms with E-state index in [0.717, 1.165) is 0 Å². The topological polar surface area (TPSA) is 92.3 Å². The summed E-state index contributed by atoms with van der Waals surface area (Å²) in [6.07, 6.45) is -0.204. The summed E-state index contributed by atoms with van der Waals surface area (Å²) in [7, 11) is 0. The minimum Gasteiger partial charge on any atom is -0.390 e. The lowest BCUT2D eigenvalue weighted by Crippen LogP contribution is -2.20. The molecular formula is C9H14ClN3O2. The molecule has 5 nitrogen and oxygen atoms in total. The van der Waals surface area contributed by atoms with E-state index in [1.807, 2.05) is 0 Å². The van der Waals surface area contributed by atoms with E-state index in [4.69, 9.17) is 17.3 Å². The predicted molar refractivity (Wildman–Crippen MR) is 57.5 cm³/mol. The summed E-state index contributed by atoms with van der Waals surface area (Å²) in [5.41, 5.74) is 6.41. The van der Waals surface area contributed by atoms with Crippen molar-refractivity contribution in [2.24, 2.45) is 0 Å². The highest BCUT2D eigenvalue weighted by Crippen LogP contribution is 2.21. The number of aryl methyl sites for hydroxylation is 1. The number of nitrogen functional groups attached to an aromatic ring is 1. The van der Waals surface area contributed by atoms with Crippen LogP contribution in [-0.4, -0.2) is 32.2 Å². The van der Waals surface area contributed by atoms with Gasteiger partial charge >= 0.3 is 0 Å². The highest BCUT2D eigenvalue weighted by molar-refractivity contribution is 6.17. The van der Waals surface area contributed by atoms with Gasteiger partial charge in [0.05, 0.1) is 6.10 Å². The molecule has 0 spiro atoms. The van der Waals surface area contributed by atoms with E-state index in [-0.39, 0.29) is 11.8 Å². The Kier molecular flexibility index (Phi) is 4.26. The smallest absolute Gasteiger partial charge is 0.220 e. The SMILES string of the molecule is Cc1nc(N)ncc1C(O)C(O)CCCl. The van der Waals surface area contributed by atoms with Crippen LogP contribution in [0.2, 0.25) is 0 Å². The Morgan fingerprint density at radius 3 is 2.73 bits per heavy atom. The van der Waals surface area contributed by atoms with Gasteiger partial charge in [0, 0.05) is 23.3 Å². The quantitative estimate of drug-likeness (QED) is 0.652. The van der Waals surface area contributed by atoms with Gasteiger partial charge in [0.2, 0.25) is 5.95 Å². The number of hydrogen-bond acceptors (Lipinski definition) is 5. The molecule has 2 unspecified atom stereocenters. The molecule has 1 heterocycles. The number of alkyl halides is 1. The van der Waals surface area contributed by atoms with Crippen molar-refractivity contribution in [3.8, 4) is 0 Å². The van der Waals surface area contributed by atoms with E-state index < -0.39 is 12.2 Å². The molecule has 1 rings (SSSR count). The minimum absolute atomic E-state index is 0.148. The molecule has 15 heavy (non-hydrogen) atoms. The maximum Gasteiger partial charge on any atom is 0.220 e. The Hall–Kier alpha value is -0.910. The fourth-order valence-corrected chi connectivity index (χ4v) is 1.49. The Bertz CT molecular complexity index is 335. The summed E-state index contributed by atoms with van der Waals surface area (Å²) in [6.45, 7) is 1.70. The van der Waals surface area contributed by atoms with Crippen LogP contribution < -0.4 is 5.73 Å². The zero-order valence-corrected chi connectivity index (χ0v) is 9.15. The van der Waals surface area contributed by atoms with Gasteiger partial charge in [0.1, 0.15) is 6.10 Å². The van der Waals surface area contributed by atoms with Crippen molar-refractivity contribution in [3.05, 3.63) is 17.5 Å². The Labute approximate surface area is 92.9 Å². The van der Waals surface area contributed by atoms with Crippen molar-refractivity contribution in [1.29, 1.82) is 0 Å². The average Bonchev–Trinajstić information content (AvgIpc) is 2.17. The zero-order chi connectivity index (χ0) is 11.4. The summed E-state index contributed by atoms with van der Waals surface area (Å²) >= 11 is 5.47. The molecule has 0 aliphatic rings. The van der Waals surface area contributed by atoms with E-state index in [2.05, 4.69) is 9.97 Å². The molecule has 0 fully saturated rings. The molecule has 0 radical (unpaired) electrons. The standard InChI is InChI=1S/C9H14ClN3O2/c1-5-6(4-12-9(11)13-5)8(15)7(14)2-3-10/h4,7-8,14-15H,2-3H2,1H3,(H2,11,12,13). The number of anilines is 1. The molecule has 0 saturated carbocycles. The Morgan fingerprint density at radius 1 is 1.53 bits per heavy atom. The largest absolute Gasteiger partial charge is 0.390 e. The monoisotopic (exact) mass is 231 g/mol. The van der Waals surface area contributed by atoms with Crippen molar-refractivity contribution < 1.29 is 10.2 Å². The highest BCUT2D eigenvalue weighted by atomic mass is 35.5. The van der Waals surface area contributed by atoms with Gasteiger partial charge < -0.3 is 15.9 Å². The van der Waals surface area contributed by atoms with E-state index >= 15 is 0 Å². The molecule has 84 valence electrons. The van der Waals surface area contributed by atoms with Gasteiger partial charge in [-0.05, 0) is 13.3 Å². The van der Waals surface area contributed by atoms with Gasteiger partial charge in [-0.2, -0.15) is 0 Å².